The maximum Gasteiger partial charge on any atom is 0.321 e. The molecular weight excluding hydrogens is 614 g/mol. The molecule has 4 rings (SSSR count). The maximum atomic E-state index is 14.3. The first-order chi connectivity index (χ1) is 23.1. The topological polar surface area (TPSA) is 143 Å². The van der Waals surface area contributed by atoms with Crippen LogP contribution in [0.3, 0.4) is 0 Å². The third-order valence-electron chi connectivity index (χ3n) is 8.39. The van der Waals surface area contributed by atoms with Crippen LogP contribution in [-0.4, -0.2) is 96.4 Å². The molecule has 4 amide bonds. The Bertz CT molecular complexity index is 1500. The van der Waals surface area contributed by atoms with Crippen LogP contribution in [0.15, 0.2) is 67.0 Å². The molecule has 0 saturated heterocycles. The summed E-state index contributed by atoms with van der Waals surface area (Å²) in [6.45, 7) is 6.43. The molecule has 0 fully saturated rings. The van der Waals surface area contributed by atoms with E-state index in [4.69, 9.17) is 14.2 Å². The second-order valence-corrected chi connectivity index (χ2v) is 12.2. The first-order valence-corrected chi connectivity index (χ1v) is 16.3. The van der Waals surface area contributed by atoms with Crippen molar-refractivity contribution in [3.8, 4) is 11.5 Å². The van der Waals surface area contributed by atoms with Gasteiger partial charge in [-0.05, 0) is 87.7 Å². The van der Waals surface area contributed by atoms with Gasteiger partial charge in [0.1, 0.15) is 11.5 Å². The highest BCUT2D eigenvalue weighted by molar-refractivity contribution is 6.05. The molecule has 48 heavy (non-hydrogen) atoms. The number of aromatic nitrogens is 1. The van der Waals surface area contributed by atoms with Gasteiger partial charge in [0.25, 0.3) is 11.8 Å². The van der Waals surface area contributed by atoms with Gasteiger partial charge in [0, 0.05) is 62.0 Å². The van der Waals surface area contributed by atoms with Crippen molar-refractivity contribution in [1.82, 2.24) is 14.8 Å². The Hall–Kier alpha value is -4.68. The number of hydrogen-bond acceptors (Lipinski definition) is 8. The molecule has 0 spiro atoms. The summed E-state index contributed by atoms with van der Waals surface area (Å²) in [6.07, 6.45) is 4.85. The summed E-state index contributed by atoms with van der Waals surface area (Å²) < 4.78 is 17.9. The molecule has 3 N–H and O–H groups in total. The van der Waals surface area contributed by atoms with E-state index in [0.29, 0.717) is 35.0 Å². The molecule has 1 aromatic heterocycles. The van der Waals surface area contributed by atoms with Gasteiger partial charge in [-0.15, -0.1) is 0 Å². The van der Waals surface area contributed by atoms with E-state index in [0.717, 1.165) is 19.3 Å². The first-order valence-electron chi connectivity index (χ1n) is 16.3. The number of hydrogen-bond donors (Lipinski definition) is 3. The molecule has 0 unspecified atom stereocenters. The van der Waals surface area contributed by atoms with Crippen LogP contribution in [0.5, 0.6) is 11.5 Å². The van der Waals surface area contributed by atoms with Gasteiger partial charge in [0.05, 0.1) is 37.5 Å². The number of amides is 4. The fourth-order valence-corrected chi connectivity index (χ4v) is 5.42. The Labute approximate surface area is 282 Å². The lowest BCUT2D eigenvalue weighted by Crippen LogP contribution is -2.48. The predicted molar refractivity (Wildman–Crippen MR) is 184 cm³/mol. The zero-order valence-electron chi connectivity index (χ0n) is 28.3. The maximum absolute atomic E-state index is 14.3. The van der Waals surface area contributed by atoms with Gasteiger partial charge < -0.3 is 39.8 Å². The van der Waals surface area contributed by atoms with Crippen LogP contribution in [0.4, 0.5) is 16.2 Å². The number of carbonyl (C=O) groups is 3. The second-order valence-electron chi connectivity index (χ2n) is 12.2. The van der Waals surface area contributed by atoms with Gasteiger partial charge in [-0.2, -0.15) is 0 Å². The highest BCUT2D eigenvalue weighted by Crippen LogP contribution is 2.29. The van der Waals surface area contributed by atoms with Gasteiger partial charge in [-0.3, -0.25) is 14.6 Å². The lowest BCUT2D eigenvalue weighted by Gasteiger charge is -2.35. The number of aliphatic hydroxyl groups is 1. The largest absolute Gasteiger partial charge is 0.497 e. The fraction of sp³-hybridized carbons (Fsp3) is 0.444. The van der Waals surface area contributed by atoms with Gasteiger partial charge in [0.15, 0.2) is 0 Å². The summed E-state index contributed by atoms with van der Waals surface area (Å²) in [5, 5.41) is 16.0. The summed E-state index contributed by atoms with van der Waals surface area (Å²) in [6, 6.07) is 14.5. The molecule has 2 aromatic carbocycles. The minimum atomic E-state index is -0.537. The summed E-state index contributed by atoms with van der Waals surface area (Å²) >= 11 is 0. The Morgan fingerprint density at radius 3 is 2.46 bits per heavy atom. The Morgan fingerprint density at radius 2 is 1.77 bits per heavy atom. The Kier molecular flexibility index (Phi) is 13.2. The molecule has 12 nitrogen and oxygen atoms in total. The number of pyridine rings is 1. The molecule has 258 valence electrons. The van der Waals surface area contributed by atoms with Crippen LogP contribution in [0.1, 0.15) is 60.7 Å². The quantitative estimate of drug-likeness (QED) is 0.295. The number of carbonyl (C=O) groups excluding carboxylic acids is 3. The zero-order valence-corrected chi connectivity index (χ0v) is 28.3. The van der Waals surface area contributed by atoms with Crippen molar-refractivity contribution in [2.24, 2.45) is 5.92 Å². The number of urea groups is 1. The SMILES string of the molecule is COc1ccc(NC(=O)N(C)C[C@H]2OCCCC[C@@H](C)Oc3ccc(NC(=O)c4ccncc4)cc3C(=O)N([C@H](C)CO)C[C@@H]2C)cc1. The molecule has 3 aromatic rings. The van der Waals surface area contributed by atoms with Crippen molar-refractivity contribution >= 4 is 29.2 Å². The van der Waals surface area contributed by atoms with E-state index in [1.807, 2.05) is 13.8 Å². The number of ether oxygens (including phenoxy) is 3. The number of anilines is 2. The Balaban J connectivity index is 1.58. The molecule has 4 atom stereocenters. The van der Waals surface area contributed by atoms with E-state index in [-0.39, 0.29) is 55.1 Å². The number of fused-ring (bicyclic) bond motifs is 1. The normalized spacial score (nSPS) is 19.6. The molecule has 12 heteroatoms. The third-order valence-corrected chi connectivity index (χ3v) is 8.39. The van der Waals surface area contributed by atoms with Crippen LogP contribution in [0, 0.1) is 5.92 Å². The van der Waals surface area contributed by atoms with Gasteiger partial charge >= 0.3 is 6.03 Å². The monoisotopic (exact) mass is 661 g/mol. The Morgan fingerprint density at radius 1 is 1.06 bits per heavy atom. The van der Waals surface area contributed by atoms with E-state index in [9.17, 15) is 19.5 Å². The average Bonchev–Trinajstić information content (AvgIpc) is 3.10. The van der Waals surface area contributed by atoms with Crippen LogP contribution in [0.25, 0.3) is 0 Å². The summed E-state index contributed by atoms with van der Waals surface area (Å²) in [4.78, 5) is 47.5. The number of nitrogens with zero attached hydrogens (tertiary/aromatic N) is 3. The van der Waals surface area contributed by atoms with E-state index < -0.39 is 12.1 Å². The first kappa shape index (κ1) is 36.2. The predicted octanol–water partition coefficient (Wildman–Crippen LogP) is 5.30. The van der Waals surface area contributed by atoms with Crippen LogP contribution in [-0.2, 0) is 4.74 Å². The van der Waals surface area contributed by atoms with Crippen molar-refractivity contribution < 1.29 is 33.7 Å². The van der Waals surface area contributed by atoms with Crippen molar-refractivity contribution in [2.75, 3.05) is 51.1 Å². The molecule has 0 radical (unpaired) electrons. The van der Waals surface area contributed by atoms with Gasteiger partial charge in [0.2, 0.25) is 0 Å². The van der Waals surface area contributed by atoms with E-state index >= 15 is 0 Å². The van der Waals surface area contributed by atoms with Crippen molar-refractivity contribution in [1.29, 1.82) is 0 Å². The molecule has 0 saturated carbocycles. The fourth-order valence-electron chi connectivity index (χ4n) is 5.42. The number of rotatable bonds is 8. The number of nitrogens with one attached hydrogen (secondary N) is 2. The molecule has 0 bridgehead atoms. The summed E-state index contributed by atoms with van der Waals surface area (Å²) in [7, 11) is 3.29. The van der Waals surface area contributed by atoms with Crippen LogP contribution >= 0.6 is 0 Å². The van der Waals surface area contributed by atoms with E-state index in [1.54, 1.807) is 85.5 Å². The lowest BCUT2D eigenvalue weighted by atomic mass is 10.0. The summed E-state index contributed by atoms with van der Waals surface area (Å²) in [5.41, 5.74) is 1.76. The van der Waals surface area contributed by atoms with Crippen molar-refractivity contribution in [3.05, 3.63) is 78.1 Å². The lowest BCUT2D eigenvalue weighted by molar-refractivity contribution is -0.0115. The highest BCUT2D eigenvalue weighted by atomic mass is 16.5. The van der Waals surface area contributed by atoms with E-state index in [1.165, 1.54) is 12.4 Å². The van der Waals surface area contributed by atoms with Gasteiger partial charge in [-0.25, -0.2) is 4.79 Å². The minimum Gasteiger partial charge on any atom is -0.497 e. The number of likely N-dealkylation sites (N-methyl/N-ethyl adjacent to an activating group) is 1. The number of benzene rings is 2. The third kappa shape index (κ3) is 9.91. The average molecular weight is 662 g/mol. The number of aliphatic hydroxyl groups excluding tert-OH is 1. The van der Waals surface area contributed by atoms with E-state index in [2.05, 4.69) is 15.6 Å². The molecule has 1 aliphatic heterocycles. The molecule has 1 aliphatic rings. The van der Waals surface area contributed by atoms with Crippen molar-refractivity contribution in [2.45, 2.75) is 58.3 Å². The number of methoxy groups -OCH3 is 1. The van der Waals surface area contributed by atoms with Crippen molar-refractivity contribution in [3.63, 3.8) is 0 Å². The second kappa shape index (κ2) is 17.5. The minimum absolute atomic E-state index is 0.192. The standard InChI is InChI=1S/C36H47N5O7/c1-24-21-41(25(2)23-42)35(44)31-20-29(38-34(43)27-15-17-37-18-16-27)11-14-32(31)48-26(3)8-6-7-19-47-33(24)22-40(4)36(45)39-28-9-12-30(46-5)13-10-28/h9-18,20,24-26,33,42H,6-8,19,21-23H2,1-5H3,(H,38,43)(H,39,45)/t24-,25+,26+,33+/m0/s1. The molecular formula is C36H47N5O7. The van der Waals surface area contributed by atoms with Crippen LogP contribution < -0.4 is 20.1 Å². The van der Waals surface area contributed by atoms with Crippen LogP contribution in [0.2, 0.25) is 0 Å². The smallest absolute Gasteiger partial charge is 0.321 e. The zero-order chi connectivity index (χ0) is 34.6. The molecule has 2 heterocycles. The highest BCUT2D eigenvalue weighted by Gasteiger charge is 2.31. The summed E-state index contributed by atoms with van der Waals surface area (Å²) in [5.74, 6) is 0.173. The van der Waals surface area contributed by atoms with Gasteiger partial charge in [-0.1, -0.05) is 6.92 Å². The molecule has 0 aliphatic carbocycles.